The van der Waals surface area contributed by atoms with E-state index in [1.165, 1.54) is 16.7 Å². The lowest BCUT2D eigenvalue weighted by atomic mass is 9.97. The molecule has 0 aliphatic carbocycles. The Morgan fingerprint density at radius 2 is 1.50 bits per heavy atom. The third-order valence-corrected chi connectivity index (χ3v) is 3.36. The summed E-state index contributed by atoms with van der Waals surface area (Å²) >= 11 is 0. The summed E-state index contributed by atoms with van der Waals surface area (Å²) in [6.07, 6.45) is 1.05. The minimum atomic E-state index is 0.438. The average Bonchev–Trinajstić information content (AvgIpc) is 2.38. The summed E-state index contributed by atoms with van der Waals surface area (Å²) < 4.78 is 0. The molecule has 0 aliphatic heterocycles. The number of nitrogens with zero attached hydrogens (tertiary/aromatic N) is 1. The van der Waals surface area contributed by atoms with Crippen molar-refractivity contribution in [2.24, 2.45) is 0 Å². The second-order valence-corrected chi connectivity index (χ2v) is 5.08. The molecule has 2 aromatic carbocycles. The van der Waals surface area contributed by atoms with Crippen molar-refractivity contribution >= 4 is 0 Å². The van der Waals surface area contributed by atoms with Crippen LogP contribution >= 0.6 is 0 Å². The fraction of sp³-hybridized carbons (Fsp3) is 0.294. The molecule has 1 atom stereocenters. The second-order valence-electron chi connectivity index (χ2n) is 5.08. The SMILES string of the molecule is Cc1ccc(C(Cc2ccccc2)N(C)C)cc1. The van der Waals surface area contributed by atoms with Gasteiger partial charge < -0.3 is 4.90 Å². The maximum Gasteiger partial charge on any atom is 0.0382 e. The number of aryl methyl sites for hydroxylation is 1. The van der Waals surface area contributed by atoms with Gasteiger partial charge in [-0.3, -0.25) is 0 Å². The molecular formula is C17H21N. The Bertz CT molecular complexity index is 471. The van der Waals surface area contributed by atoms with Crippen LogP contribution in [0.25, 0.3) is 0 Å². The molecule has 0 aromatic heterocycles. The Morgan fingerprint density at radius 1 is 0.889 bits per heavy atom. The van der Waals surface area contributed by atoms with E-state index >= 15 is 0 Å². The van der Waals surface area contributed by atoms with E-state index in [4.69, 9.17) is 0 Å². The first kappa shape index (κ1) is 12.8. The van der Waals surface area contributed by atoms with Crippen LogP contribution in [-0.2, 0) is 6.42 Å². The van der Waals surface area contributed by atoms with E-state index in [1.54, 1.807) is 0 Å². The van der Waals surface area contributed by atoms with Gasteiger partial charge in [-0.25, -0.2) is 0 Å². The highest BCUT2D eigenvalue weighted by atomic mass is 15.1. The van der Waals surface area contributed by atoms with Crippen LogP contribution in [0.4, 0.5) is 0 Å². The van der Waals surface area contributed by atoms with Gasteiger partial charge in [-0.15, -0.1) is 0 Å². The topological polar surface area (TPSA) is 3.24 Å². The summed E-state index contributed by atoms with van der Waals surface area (Å²) in [5.41, 5.74) is 4.09. The zero-order valence-corrected chi connectivity index (χ0v) is 11.4. The van der Waals surface area contributed by atoms with Crippen LogP contribution in [-0.4, -0.2) is 19.0 Å². The minimum absolute atomic E-state index is 0.438. The standard InChI is InChI=1S/C17H21N/c1-14-9-11-16(12-10-14)17(18(2)3)13-15-7-5-4-6-8-15/h4-12,17H,13H2,1-3H3. The monoisotopic (exact) mass is 239 g/mol. The molecule has 0 N–H and O–H groups in total. The zero-order chi connectivity index (χ0) is 13.0. The summed E-state index contributed by atoms with van der Waals surface area (Å²) in [7, 11) is 4.29. The van der Waals surface area contributed by atoms with Gasteiger partial charge in [-0.05, 0) is 38.6 Å². The predicted molar refractivity (Wildman–Crippen MR) is 77.8 cm³/mol. The Kier molecular flexibility index (Phi) is 4.16. The van der Waals surface area contributed by atoms with Crippen molar-refractivity contribution in [2.75, 3.05) is 14.1 Å². The lowest BCUT2D eigenvalue weighted by Gasteiger charge is -2.25. The van der Waals surface area contributed by atoms with Gasteiger partial charge in [0.05, 0.1) is 0 Å². The Morgan fingerprint density at radius 3 is 2.06 bits per heavy atom. The first-order valence-electron chi connectivity index (χ1n) is 6.44. The lowest BCUT2D eigenvalue weighted by molar-refractivity contribution is 0.297. The quantitative estimate of drug-likeness (QED) is 0.783. The summed E-state index contributed by atoms with van der Waals surface area (Å²) in [5, 5.41) is 0. The highest BCUT2D eigenvalue weighted by Gasteiger charge is 2.14. The molecule has 18 heavy (non-hydrogen) atoms. The first-order chi connectivity index (χ1) is 8.66. The Hall–Kier alpha value is -1.60. The molecule has 0 amide bonds. The van der Waals surface area contributed by atoms with E-state index in [2.05, 4.69) is 80.5 Å². The number of likely N-dealkylation sites (N-methyl/N-ethyl adjacent to an activating group) is 1. The summed E-state index contributed by atoms with van der Waals surface area (Å²) in [6, 6.07) is 20.0. The van der Waals surface area contributed by atoms with Crippen LogP contribution in [0.3, 0.4) is 0 Å². The van der Waals surface area contributed by atoms with Crippen molar-refractivity contribution in [3.8, 4) is 0 Å². The van der Waals surface area contributed by atoms with E-state index in [1.807, 2.05) is 0 Å². The van der Waals surface area contributed by atoms with Crippen molar-refractivity contribution in [1.29, 1.82) is 0 Å². The molecule has 0 aliphatic rings. The maximum atomic E-state index is 2.29. The molecule has 2 aromatic rings. The van der Waals surface area contributed by atoms with E-state index in [9.17, 15) is 0 Å². The molecule has 1 heteroatoms. The Labute approximate surface area is 110 Å². The molecule has 0 heterocycles. The third-order valence-electron chi connectivity index (χ3n) is 3.36. The molecule has 1 nitrogen and oxygen atoms in total. The molecule has 0 saturated heterocycles. The van der Waals surface area contributed by atoms with Crippen LogP contribution in [0, 0.1) is 6.92 Å². The zero-order valence-electron chi connectivity index (χ0n) is 11.4. The largest absolute Gasteiger partial charge is 0.302 e. The van der Waals surface area contributed by atoms with Crippen molar-refractivity contribution in [3.63, 3.8) is 0 Å². The van der Waals surface area contributed by atoms with E-state index in [0.29, 0.717) is 6.04 Å². The summed E-state index contributed by atoms with van der Waals surface area (Å²) in [6.45, 7) is 2.13. The van der Waals surface area contributed by atoms with Gasteiger partial charge in [-0.2, -0.15) is 0 Å². The summed E-state index contributed by atoms with van der Waals surface area (Å²) in [5.74, 6) is 0. The highest BCUT2D eigenvalue weighted by molar-refractivity contribution is 5.26. The van der Waals surface area contributed by atoms with E-state index < -0.39 is 0 Å². The second kappa shape index (κ2) is 5.83. The van der Waals surface area contributed by atoms with Gasteiger partial charge >= 0.3 is 0 Å². The van der Waals surface area contributed by atoms with Gasteiger partial charge in [-0.1, -0.05) is 60.2 Å². The van der Waals surface area contributed by atoms with E-state index in [-0.39, 0.29) is 0 Å². The molecule has 0 spiro atoms. The number of rotatable bonds is 4. The molecular weight excluding hydrogens is 218 g/mol. The lowest BCUT2D eigenvalue weighted by Crippen LogP contribution is -2.22. The van der Waals surface area contributed by atoms with Crippen LogP contribution in [0.1, 0.15) is 22.7 Å². The van der Waals surface area contributed by atoms with Crippen molar-refractivity contribution < 1.29 is 0 Å². The molecule has 1 unspecified atom stereocenters. The average molecular weight is 239 g/mol. The normalized spacial score (nSPS) is 12.7. The van der Waals surface area contributed by atoms with Crippen LogP contribution in [0.2, 0.25) is 0 Å². The van der Waals surface area contributed by atoms with Gasteiger partial charge in [0.15, 0.2) is 0 Å². The maximum absolute atomic E-state index is 2.29. The van der Waals surface area contributed by atoms with Crippen LogP contribution in [0.5, 0.6) is 0 Å². The predicted octanol–water partition coefficient (Wildman–Crippen LogP) is 3.84. The number of hydrogen-bond donors (Lipinski definition) is 0. The van der Waals surface area contributed by atoms with Gasteiger partial charge in [0.25, 0.3) is 0 Å². The molecule has 94 valence electrons. The van der Waals surface area contributed by atoms with Crippen LogP contribution < -0.4 is 0 Å². The van der Waals surface area contributed by atoms with Gasteiger partial charge in [0.2, 0.25) is 0 Å². The summed E-state index contributed by atoms with van der Waals surface area (Å²) in [4.78, 5) is 2.29. The van der Waals surface area contributed by atoms with Crippen molar-refractivity contribution in [2.45, 2.75) is 19.4 Å². The smallest absolute Gasteiger partial charge is 0.0382 e. The molecule has 0 fully saturated rings. The van der Waals surface area contributed by atoms with Crippen molar-refractivity contribution in [3.05, 3.63) is 71.3 Å². The minimum Gasteiger partial charge on any atom is -0.302 e. The number of hydrogen-bond acceptors (Lipinski definition) is 1. The fourth-order valence-electron chi connectivity index (χ4n) is 2.22. The first-order valence-corrected chi connectivity index (χ1v) is 6.44. The third kappa shape index (κ3) is 3.21. The number of benzene rings is 2. The molecule has 0 radical (unpaired) electrons. The van der Waals surface area contributed by atoms with Gasteiger partial charge in [0, 0.05) is 6.04 Å². The molecule has 0 saturated carbocycles. The van der Waals surface area contributed by atoms with Crippen molar-refractivity contribution in [1.82, 2.24) is 4.90 Å². The van der Waals surface area contributed by atoms with Crippen LogP contribution in [0.15, 0.2) is 54.6 Å². The van der Waals surface area contributed by atoms with E-state index in [0.717, 1.165) is 6.42 Å². The molecule has 0 bridgehead atoms. The highest BCUT2D eigenvalue weighted by Crippen LogP contribution is 2.23. The Balaban J connectivity index is 2.21. The fourth-order valence-corrected chi connectivity index (χ4v) is 2.22. The van der Waals surface area contributed by atoms with Gasteiger partial charge in [0.1, 0.15) is 0 Å². The molecule has 2 rings (SSSR count).